The Kier molecular flexibility index (Phi) is 7.92. The van der Waals surface area contributed by atoms with Gasteiger partial charge >= 0.3 is 6.03 Å². The van der Waals surface area contributed by atoms with Gasteiger partial charge < -0.3 is 20.6 Å². The van der Waals surface area contributed by atoms with Crippen molar-refractivity contribution < 1.29 is 9.90 Å². The van der Waals surface area contributed by atoms with Crippen molar-refractivity contribution in [2.75, 3.05) is 32.8 Å². The van der Waals surface area contributed by atoms with Crippen LogP contribution in [0.5, 0.6) is 0 Å². The minimum atomic E-state index is -0.0721. The van der Waals surface area contributed by atoms with Gasteiger partial charge in [-0.15, -0.1) is 0 Å². The number of carbonyl (C=O) groups excluding carboxylic acids is 1. The third-order valence-corrected chi connectivity index (χ3v) is 3.78. The summed E-state index contributed by atoms with van der Waals surface area (Å²) in [5.41, 5.74) is 0. The Bertz CT molecular complexity index is 276. The number of rotatable bonds is 7. The lowest BCUT2D eigenvalue weighted by molar-refractivity contribution is 0.177. The van der Waals surface area contributed by atoms with E-state index in [1.54, 1.807) is 0 Å². The van der Waals surface area contributed by atoms with E-state index < -0.39 is 0 Å². The summed E-state index contributed by atoms with van der Waals surface area (Å²) in [6, 6.07) is 0.226. The normalized spacial score (nSPS) is 19.1. The molecule has 2 amide bonds. The first-order valence-electron chi connectivity index (χ1n) is 7.88. The highest BCUT2D eigenvalue weighted by molar-refractivity contribution is 5.74. The van der Waals surface area contributed by atoms with Crippen LogP contribution in [0.4, 0.5) is 4.79 Å². The fourth-order valence-electron chi connectivity index (χ4n) is 2.60. The Hall–Kier alpha value is -0.810. The second-order valence-corrected chi connectivity index (χ2v) is 6.44. The first-order chi connectivity index (χ1) is 9.51. The van der Waals surface area contributed by atoms with E-state index in [9.17, 15) is 4.79 Å². The van der Waals surface area contributed by atoms with Crippen LogP contribution in [0.2, 0.25) is 0 Å². The smallest absolute Gasteiger partial charge is 0.315 e. The standard InChI is InChI=1S/C15H31N3O2/c1-12(2)11-18-7-4-14(5-8-18)17-15(20)16-10-13(3)6-9-19/h12-14,19H,4-11H2,1-3H3,(H2,16,17,20). The minimum Gasteiger partial charge on any atom is -0.396 e. The Balaban J connectivity index is 2.15. The molecule has 0 bridgehead atoms. The van der Waals surface area contributed by atoms with E-state index in [-0.39, 0.29) is 12.6 Å². The van der Waals surface area contributed by atoms with Gasteiger partial charge in [-0.2, -0.15) is 0 Å². The average Bonchev–Trinajstić information content (AvgIpc) is 2.38. The van der Waals surface area contributed by atoms with Crippen LogP contribution in [0, 0.1) is 11.8 Å². The Morgan fingerprint density at radius 1 is 1.30 bits per heavy atom. The zero-order valence-electron chi connectivity index (χ0n) is 13.2. The highest BCUT2D eigenvalue weighted by Crippen LogP contribution is 2.12. The first kappa shape index (κ1) is 17.2. The van der Waals surface area contributed by atoms with E-state index >= 15 is 0 Å². The number of nitrogens with one attached hydrogen (secondary N) is 2. The van der Waals surface area contributed by atoms with Gasteiger partial charge in [-0.3, -0.25) is 0 Å². The van der Waals surface area contributed by atoms with Gasteiger partial charge in [0.05, 0.1) is 0 Å². The summed E-state index contributed by atoms with van der Waals surface area (Å²) in [4.78, 5) is 14.3. The molecule has 0 aromatic carbocycles. The second-order valence-electron chi connectivity index (χ2n) is 6.44. The van der Waals surface area contributed by atoms with Crippen molar-refractivity contribution >= 4 is 6.03 Å². The monoisotopic (exact) mass is 285 g/mol. The van der Waals surface area contributed by atoms with Crippen molar-refractivity contribution in [3.05, 3.63) is 0 Å². The molecule has 5 heteroatoms. The molecule has 3 N–H and O–H groups in total. The summed E-state index contributed by atoms with van der Waals surface area (Å²) in [6.07, 6.45) is 2.80. The molecule has 20 heavy (non-hydrogen) atoms. The van der Waals surface area contributed by atoms with Crippen LogP contribution in [0.15, 0.2) is 0 Å². The number of likely N-dealkylation sites (tertiary alicyclic amines) is 1. The lowest BCUT2D eigenvalue weighted by Crippen LogP contribution is -2.49. The Morgan fingerprint density at radius 3 is 2.50 bits per heavy atom. The second kappa shape index (κ2) is 9.19. The van der Waals surface area contributed by atoms with E-state index in [1.807, 2.05) is 6.92 Å². The zero-order valence-corrected chi connectivity index (χ0v) is 13.2. The maximum Gasteiger partial charge on any atom is 0.315 e. The Labute approximate surface area is 123 Å². The van der Waals surface area contributed by atoms with Crippen LogP contribution in [-0.4, -0.2) is 54.9 Å². The first-order valence-corrected chi connectivity index (χ1v) is 7.88. The predicted molar refractivity (Wildman–Crippen MR) is 81.7 cm³/mol. The molecule has 1 atom stereocenters. The maximum atomic E-state index is 11.8. The molecular weight excluding hydrogens is 254 g/mol. The lowest BCUT2D eigenvalue weighted by Gasteiger charge is -2.33. The van der Waals surface area contributed by atoms with Crippen LogP contribution in [0.3, 0.4) is 0 Å². The molecule has 118 valence electrons. The summed E-state index contributed by atoms with van der Waals surface area (Å²) in [5.74, 6) is 1.02. The van der Waals surface area contributed by atoms with Gasteiger partial charge in [0.25, 0.3) is 0 Å². The van der Waals surface area contributed by atoms with Crippen LogP contribution >= 0.6 is 0 Å². The third kappa shape index (κ3) is 7.10. The van der Waals surface area contributed by atoms with Gasteiger partial charge in [-0.05, 0) is 31.1 Å². The number of amides is 2. The molecule has 1 aliphatic rings. The minimum absolute atomic E-state index is 0.0721. The average molecular weight is 285 g/mol. The largest absolute Gasteiger partial charge is 0.396 e. The number of nitrogens with zero attached hydrogens (tertiary/aromatic N) is 1. The van der Waals surface area contributed by atoms with Crippen LogP contribution in [0.25, 0.3) is 0 Å². The lowest BCUT2D eigenvalue weighted by atomic mass is 10.0. The Morgan fingerprint density at radius 2 is 1.95 bits per heavy atom. The molecule has 0 aromatic heterocycles. The van der Waals surface area contributed by atoms with Gasteiger partial charge in [-0.1, -0.05) is 20.8 Å². The molecule has 1 rings (SSSR count). The third-order valence-electron chi connectivity index (χ3n) is 3.78. The molecule has 0 aliphatic carbocycles. The van der Waals surface area contributed by atoms with Gasteiger partial charge in [0.2, 0.25) is 0 Å². The van der Waals surface area contributed by atoms with Crippen molar-refractivity contribution in [3.63, 3.8) is 0 Å². The van der Waals surface area contributed by atoms with Crippen LogP contribution in [0.1, 0.15) is 40.0 Å². The number of urea groups is 1. The molecule has 1 saturated heterocycles. The molecule has 5 nitrogen and oxygen atoms in total. The topological polar surface area (TPSA) is 64.6 Å². The van der Waals surface area contributed by atoms with E-state index in [4.69, 9.17) is 5.11 Å². The fourth-order valence-corrected chi connectivity index (χ4v) is 2.60. The summed E-state index contributed by atoms with van der Waals surface area (Å²) >= 11 is 0. The van der Waals surface area contributed by atoms with Gasteiger partial charge in [0.1, 0.15) is 0 Å². The molecule has 1 aliphatic heterocycles. The summed E-state index contributed by atoms with van der Waals surface area (Å²) < 4.78 is 0. The summed E-state index contributed by atoms with van der Waals surface area (Å²) in [6.45, 7) is 10.6. The molecule has 1 fully saturated rings. The van der Waals surface area contributed by atoms with Crippen LogP contribution in [-0.2, 0) is 0 Å². The zero-order chi connectivity index (χ0) is 15.0. The molecule has 1 unspecified atom stereocenters. The van der Waals surface area contributed by atoms with Crippen molar-refractivity contribution in [2.24, 2.45) is 11.8 Å². The van der Waals surface area contributed by atoms with Crippen molar-refractivity contribution in [1.82, 2.24) is 15.5 Å². The predicted octanol–water partition coefficient (Wildman–Crippen LogP) is 1.42. The van der Waals surface area contributed by atoms with E-state index in [0.717, 1.165) is 38.9 Å². The number of piperidine rings is 1. The summed E-state index contributed by atoms with van der Waals surface area (Å²) in [5, 5.41) is 14.8. The molecular formula is C15H31N3O2. The highest BCUT2D eigenvalue weighted by Gasteiger charge is 2.20. The van der Waals surface area contributed by atoms with Crippen molar-refractivity contribution in [2.45, 2.75) is 46.1 Å². The van der Waals surface area contributed by atoms with Crippen molar-refractivity contribution in [1.29, 1.82) is 0 Å². The number of hydrogen-bond donors (Lipinski definition) is 3. The highest BCUT2D eigenvalue weighted by atomic mass is 16.3. The quantitative estimate of drug-likeness (QED) is 0.663. The van der Waals surface area contributed by atoms with Gasteiger partial charge in [-0.25, -0.2) is 4.79 Å². The van der Waals surface area contributed by atoms with E-state index in [1.165, 1.54) is 0 Å². The maximum absolute atomic E-state index is 11.8. The number of carbonyl (C=O) groups is 1. The molecule has 0 spiro atoms. The molecule has 0 radical (unpaired) electrons. The number of aliphatic hydroxyl groups excluding tert-OH is 1. The van der Waals surface area contributed by atoms with E-state index in [2.05, 4.69) is 29.4 Å². The summed E-state index contributed by atoms with van der Waals surface area (Å²) in [7, 11) is 0. The van der Waals surface area contributed by atoms with Gasteiger partial charge in [0, 0.05) is 38.8 Å². The van der Waals surface area contributed by atoms with Gasteiger partial charge in [0.15, 0.2) is 0 Å². The molecule has 0 aromatic rings. The molecule has 1 heterocycles. The van der Waals surface area contributed by atoms with Crippen LogP contribution < -0.4 is 10.6 Å². The number of aliphatic hydroxyl groups is 1. The fraction of sp³-hybridized carbons (Fsp3) is 0.933. The number of hydrogen-bond acceptors (Lipinski definition) is 3. The van der Waals surface area contributed by atoms with Crippen molar-refractivity contribution in [3.8, 4) is 0 Å². The SMILES string of the molecule is CC(C)CN1CCC(NC(=O)NCC(C)CCO)CC1. The molecule has 0 saturated carbocycles. The van der Waals surface area contributed by atoms with E-state index in [0.29, 0.717) is 24.4 Å².